The monoisotopic (exact) mass is 487 g/mol. The van der Waals surface area contributed by atoms with E-state index >= 15 is 0 Å². The summed E-state index contributed by atoms with van der Waals surface area (Å²) >= 11 is 3.41. The Morgan fingerprint density at radius 1 is 1.00 bits per heavy atom. The third-order valence-corrected chi connectivity index (χ3v) is 5.04. The van der Waals surface area contributed by atoms with Crippen molar-refractivity contribution in [3.63, 3.8) is 0 Å². The van der Waals surface area contributed by atoms with Crippen molar-refractivity contribution in [1.82, 2.24) is 0 Å². The molecule has 6 heteroatoms. The molecule has 1 aliphatic rings. The van der Waals surface area contributed by atoms with Crippen molar-refractivity contribution in [2.45, 2.75) is 6.42 Å². The van der Waals surface area contributed by atoms with Crippen molar-refractivity contribution in [2.24, 2.45) is 4.99 Å². The topological polar surface area (TPSA) is 65.0 Å². The standard InChI is InChI=1S/C26H18BrNO4/c27-21-12-13-23(31-25(29)14-11-18-7-3-1-4-8-18)20(16-21)17-22-26(30)32-24(28-22)15-19-9-5-2-6-10-19/h1-14,16-17H,15H2/b14-11+,22-17+. The van der Waals surface area contributed by atoms with Crippen LogP contribution in [-0.4, -0.2) is 17.8 Å². The molecule has 3 aromatic carbocycles. The molecule has 0 aromatic heterocycles. The Bertz CT molecular complexity index is 1230. The number of hydrogen-bond donors (Lipinski definition) is 0. The Morgan fingerprint density at radius 3 is 2.47 bits per heavy atom. The van der Waals surface area contributed by atoms with Gasteiger partial charge in [0.15, 0.2) is 5.70 Å². The second kappa shape index (κ2) is 10.0. The van der Waals surface area contributed by atoms with Crippen LogP contribution in [0.5, 0.6) is 5.75 Å². The van der Waals surface area contributed by atoms with E-state index in [9.17, 15) is 9.59 Å². The Labute approximate surface area is 193 Å². The van der Waals surface area contributed by atoms with Gasteiger partial charge in [-0.15, -0.1) is 0 Å². The van der Waals surface area contributed by atoms with E-state index in [-0.39, 0.29) is 5.70 Å². The third kappa shape index (κ3) is 5.68. The number of aliphatic imine (C=N–C) groups is 1. The van der Waals surface area contributed by atoms with Crippen LogP contribution in [0, 0.1) is 0 Å². The van der Waals surface area contributed by atoms with Crippen LogP contribution in [0.4, 0.5) is 0 Å². The molecule has 0 unspecified atom stereocenters. The lowest BCUT2D eigenvalue weighted by Gasteiger charge is -2.06. The molecule has 5 nitrogen and oxygen atoms in total. The molecule has 158 valence electrons. The van der Waals surface area contributed by atoms with E-state index < -0.39 is 11.9 Å². The van der Waals surface area contributed by atoms with E-state index in [2.05, 4.69) is 20.9 Å². The van der Waals surface area contributed by atoms with Gasteiger partial charge in [-0.2, -0.15) is 0 Å². The number of carbonyl (C=O) groups excluding carboxylic acids is 2. The van der Waals surface area contributed by atoms with Crippen LogP contribution in [0.25, 0.3) is 12.2 Å². The van der Waals surface area contributed by atoms with Crippen molar-refractivity contribution in [3.05, 3.63) is 112 Å². The number of carbonyl (C=O) groups is 2. The van der Waals surface area contributed by atoms with Gasteiger partial charge in [-0.1, -0.05) is 76.6 Å². The molecule has 0 radical (unpaired) electrons. The first-order valence-electron chi connectivity index (χ1n) is 9.87. The summed E-state index contributed by atoms with van der Waals surface area (Å²) in [6, 6.07) is 24.2. The zero-order chi connectivity index (χ0) is 22.3. The van der Waals surface area contributed by atoms with E-state index in [1.165, 1.54) is 6.08 Å². The fraction of sp³-hybridized carbons (Fsp3) is 0.0385. The van der Waals surface area contributed by atoms with Gasteiger partial charge in [0, 0.05) is 22.5 Å². The van der Waals surface area contributed by atoms with Gasteiger partial charge < -0.3 is 9.47 Å². The number of ether oxygens (including phenoxy) is 2. The smallest absolute Gasteiger partial charge is 0.363 e. The van der Waals surface area contributed by atoms with E-state index in [0.717, 1.165) is 15.6 Å². The molecule has 32 heavy (non-hydrogen) atoms. The summed E-state index contributed by atoms with van der Waals surface area (Å²) in [6.07, 6.45) is 4.99. The minimum atomic E-state index is -0.544. The maximum Gasteiger partial charge on any atom is 0.363 e. The maximum absolute atomic E-state index is 12.3. The summed E-state index contributed by atoms with van der Waals surface area (Å²) in [7, 11) is 0. The molecule has 0 bridgehead atoms. The van der Waals surface area contributed by atoms with Crippen molar-refractivity contribution in [2.75, 3.05) is 0 Å². The molecule has 0 saturated heterocycles. The number of rotatable bonds is 6. The highest BCUT2D eigenvalue weighted by Gasteiger charge is 2.23. The first kappa shape index (κ1) is 21.5. The molecule has 4 rings (SSSR count). The van der Waals surface area contributed by atoms with Crippen LogP contribution in [0.1, 0.15) is 16.7 Å². The second-order valence-electron chi connectivity index (χ2n) is 6.93. The molecule has 0 atom stereocenters. The van der Waals surface area contributed by atoms with Gasteiger partial charge in [0.2, 0.25) is 5.90 Å². The SMILES string of the molecule is O=C(/C=C/c1ccccc1)Oc1ccc(Br)cc1/C=C1/N=C(Cc2ccccc2)OC1=O. The normalized spacial score (nSPS) is 14.5. The fourth-order valence-electron chi connectivity index (χ4n) is 3.04. The molecule has 0 spiro atoms. The van der Waals surface area contributed by atoms with Crippen molar-refractivity contribution >= 4 is 45.9 Å². The summed E-state index contributed by atoms with van der Waals surface area (Å²) in [6.45, 7) is 0. The van der Waals surface area contributed by atoms with Gasteiger partial charge in [-0.25, -0.2) is 14.6 Å². The first-order chi connectivity index (χ1) is 15.6. The lowest BCUT2D eigenvalue weighted by molar-refractivity contribution is -0.130. The highest BCUT2D eigenvalue weighted by Crippen LogP contribution is 2.28. The summed E-state index contributed by atoms with van der Waals surface area (Å²) < 4.78 is 11.6. The lowest BCUT2D eigenvalue weighted by Crippen LogP contribution is -2.07. The van der Waals surface area contributed by atoms with Crippen LogP contribution in [0.15, 0.2) is 100 Å². The summed E-state index contributed by atoms with van der Waals surface area (Å²) in [5, 5.41) is 0. The highest BCUT2D eigenvalue weighted by molar-refractivity contribution is 9.10. The Hall–Kier alpha value is -3.77. The number of cyclic esters (lactones) is 1. The fourth-order valence-corrected chi connectivity index (χ4v) is 3.42. The predicted octanol–water partition coefficient (Wildman–Crippen LogP) is 5.61. The minimum absolute atomic E-state index is 0.145. The van der Waals surface area contributed by atoms with E-state index in [1.54, 1.807) is 30.4 Å². The van der Waals surface area contributed by atoms with Crippen LogP contribution in [-0.2, 0) is 20.7 Å². The third-order valence-electron chi connectivity index (χ3n) is 4.55. The van der Waals surface area contributed by atoms with Gasteiger partial charge in [0.25, 0.3) is 0 Å². The zero-order valence-corrected chi connectivity index (χ0v) is 18.5. The largest absolute Gasteiger partial charge is 0.423 e. The molecular formula is C26H18BrNO4. The summed E-state index contributed by atoms with van der Waals surface area (Å²) in [5.41, 5.74) is 2.54. The van der Waals surface area contributed by atoms with Gasteiger partial charge >= 0.3 is 11.9 Å². The first-order valence-corrected chi connectivity index (χ1v) is 10.7. The number of hydrogen-bond acceptors (Lipinski definition) is 5. The molecular weight excluding hydrogens is 470 g/mol. The Kier molecular flexibility index (Phi) is 6.72. The summed E-state index contributed by atoms with van der Waals surface area (Å²) in [4.78, 5) is 29.0. The quantitative estimate of drug-likeness (QED) is 0.257. The predicted molar refractivity (Wildman–Crippen MR) is 127 cm³/mol. The second-order valence-corrected chi connectivity index (χ2v) is 7.85. The van der Waals surface area contributed by atoms with Gasteiger partial charge in [-0.3, -0.25) is 0 Å². The molecule has 0 aliphatic carbocycles. The van der Waals surface area contributed by atoms with Crippen LogP contribution >= 0.6 is 15.9 Å². The molecule has 0 fully saturated rings. The zero-order valence-electron chi connectivity index (χ0n) is 16.9. The highest BCUT2D eigenvalue weighted by atomic mass is 79.9. The Balaban J connectivity index is 1.54. The average molecular weight is 488 g/mol. The number of benzene rings is 3. The molecule has 1 heterocycles. The van der Waals surface area contributed by atoms with Gasteiger partial charge in [-0.05, 0) is 41.5 Å². The van der Waals surface area contributed by atoms with Crippen LogP contribution in [0.2, 0.25) is 0 Å². The number of halogens is 1. The van der Waals surface area contributed by atoms with Crippen LogP contribution < -0.4 is 4.74 Å². The van der Waals surface area contributed by atoms with Crippen LogP contribution in [0.3, 0.4) is 0 Å². The van der Waals surface area contributed by atoms with E-state index in [1.807, 2.05) is 60.7 Å². The molecule has 1 aliphatic heterocycles. The van der Waals surface area contributed by atoms with E-state index in [4.69, 9.17) is 9.47 Å². The maximum atomic E-state index is 12.3. The number of nitrogens with zero attached hydrogens (tertiary/aromatic N) is 1. The van der Waals surface area contributed by atoms with E-state index in [0.29, 0.717) is 23.6 Å². The number of esters is 2. The lowest BCUT2D eigenvalue weighted by atomic mass is 10.1. The van der Waals surface area contributed by atoms with Crippen molar-refractivity contribution < 1.29 is 19.1 Å². The molecule has 0 saturated carbocycles. The van der Waals surface area contributed by atoms with Gasteiger partial charge in [0.05, 0.1) is 0 Å². The minimum Gasteiger partial charge on any atom is -0.423 e. The van der Waals surface area contributed by atoms with Gasteiger partial charge in [0.1, 0.15) is 5.75 Å². The average Bonchev–Trinajstić information content (AvgIpc) is 3.14. The van der Waals surface area contributed by atoms with Crippen molar-refractivity contribution in [1.29, 1.82) is 0 Å². The van der Waals surface area contributed by atoms with Crippen molar-refractivity contribution in [3.8, 4) is 5.75 Å². The molecule has 3 aromatic rings. The molecule has 0 amide bonds. The summed E-state index contributed by atoms with van der Waals surface area (Å²) in [5.74, 6) is -0.440. The Morgan fingerprint density at radius 2 is 1.72 bits per heavy atom. The molecule has 0 N–H and O–H groups in total.